The zero-order valence-corrected chi connectivity index (χ0v) is 13.6. The molecule has 0 bridgehead atoms. The van der Waals surface area contributed by atoms with Crippen molar-refractivity contribution in [2.45, 2.75) is 6.92 Å². The molecule has 1 fully saturated rings. The number of aromatic nitrogens is 2. The Kier molecular flexibility index (Phi) is 4.39. The fourth-order valence-corrected chi connectivity index (χ4v) is 4.28. The Labute approximate surface area is 132 Å². The highest BCUT2D eigenvalue weighted by molar-refractivity contribution is 7.15. The predicted molar refractivity (Wildman–Crippen MR) is 88.1 cm³/mol. The van der Waals surface area contributed by atoms with E-state index in [1.54, 1.807) is 11.3 Å². The van der Waals surface area contributed by atoms with Gasteiger partial charge in [-0.05, 0) is 18.5 Å². The number of β-amino-alcohol motifs (C(OH)–C–C–N with tert-alkyl or cyclic N) is 1. The van der Waals surface area contributed by atoms with Crippen molar-refractivity contribution >= 4 is 33.7 Å². The van der Waals surface area contributed by atoms with Gasteiger partial charge in [0.2, 0.25) is 0 Å². The van der Waals surface area contributed by atoms with Gasteiger partial charge in [0.25, 0.3) is 0 Å². The lowest BCUT2D eigenvalue weighted by atomic mass is 10.2. The molecule has 21 heavy (non-hydrogen) atoms. The summed E-state index contributed by atoms with van der Waals surface area (Å²) in [6.45, 7) is 6.72. The number of hydrogen-bond acceptors (Lipinski definition) is 8. The Balaban J connectivity index is 1.81. The quantitative estimate of drug-likeness (QED) is 0.881. The molecule has 1 saturated heterocycles. The Morgan fingerprint density at radius 1 is 1.33 bits per heavy atom. The highest BCUT2D eigenvalue weighted by Crippen LogP contribution is 2.40. The van der Waals surface area contributed by atoms with Crippen LogP contribution >= 0.6 is 22.9 Å². The number of aliphatic hydroxyl groups excluding tert-OH is 1. The molecule has 0 radical (unpaired) electrons. The molecule has 3 N–H and O–H groups in total. The molecule has 114 valence electrons. The largest absolute Gasteiger partial charge is 0.395 e. The number of thiazole rings is 1. The van der Waals surface area contributed by atoms with Crippen LogP contribution in [0.25, 0.3) is 10.6 Å². The number of hydrogen-bond donors (Lipinski definition) is 2. The highest BCUT2D eigenvalue weighted by atomic mass is 32.1. The van der Waals surface area contributed by atoms with Gasteiger partial charge in [0.05, 0.1) is 12.2 Å². The smallest absolute Gasteiger partial charge is 0.149 e. The first-order valence-electron chi connectivity index (χ1n) is 6.95. The lowest BCUT2D eigenvalue weighted by molar-refractivity contribution is 0.189. The van der Waals surface area contributed by atoms with Crippen LogP contribution in [0.1, 0.15) is 5.69 Å². The number of anilines is 2. The molecule has 1 aliphatic rings. The molecule has 6 nitrogen and oxygen atoms in total. The molecular formula is C13H19N5OS2. The van der Waals surface area contributed by atoms with Crippen molar-refractivity contribution in [2.75, 3.05) is 50.0 Å². The maximum atomic E-state index is 9.01. The summed E-state index contributed by atoms with van der Waals surface area (Å²) >= 11 is 3.06. The Hall–Kier alpha value is -1.22. The van der Waals surface area contributed by atoms with Gasteiger partial charge < -0.3 is 15.7 Å². The minimum atomic E-state index is 0.219. The van der Waals surface area contributed by atoms with Gasteiger partial charge in [0.15, 0.2) is 0 Å². The van der Waals surface area contributed by atoms with Gasteiger partial charge in [0.1, 0.15) is 15.8 Å². The van der Waals surface area contributed by atoms with Crippen LogP contribution in [0.15, 0.2) is 5.38 Å². The van der Waals surface area contributed by atoms with E-state index in [4.69, 9.17) is 10.8 Å². The second-order valence-electron chi connectivity index (χ2n) is 5.09. The van der Waals surface area contributed by atoms with Gasteiger partial charge in [-0.25, -0.2) is 4.98 Å². The van der Waals surface area contributed by atoms with Crippen LogP contribution in [0.3, 0.4) is 0 Å². The van der Waals surface area contributed by atoms with E-state index in [1.807, 2.05) is 12.3 Å². The summed E-state index contributed by atoms with van der Waals surface area (Å²) in [7, 11) is 0. The molecular weight excluding hydrogens is 306 g/mol. The lowest BCUT2D eigenvalue weighted by Gasteiger charge is -2.35. The van der Waals surface area contributed by atoms with Crippen LogP contribution in [0.2, 0.25) is 0 Å². The summed E-state index contributed by atoms with van der Waals surface area (Å²) in [5.41, 5.74) is 8.05. The third-order valence-corrected chi connectivity index (χ3v) is 5.51. The fraction of sp³-hybridized carbons (Fsp3) is 0.538. The molecule has 3 heterocycles. The van der Waals surface area contributed by atoms with Crippen LogP contribution in [-0.4, -0.2) is 58.7 Å². The van der Waals surface area contributed by atoms with Crippen molar-refractivity contribution in [3.63, 3.8) is 0 Å². The van der Waals surface area contributed by atoms with E-state index in [0.717, 1.165) is 54.0 Å². The van der Waals surface area contributed by atoms with Crippen LogP contribution in [0.4, 0.5) is 10.8 Å². The van der Waals surface area contributed by atoms with E-state index in [1.165, 1.54) is 11.5 Å². The monoisotopic (exact) mass is 325 g/mol. The van der Waals surface area contributed by atoms with E-state index in [-0.39, 0.29) is 6.61 Å². The zero-order chi connectivity index (χ0) is 14.8. The van der Waals surface area contributed by atoms with Gasteiger partial charge in [-0.3, -0.25) is 4.90 Å². The third kappa shape index (κ3) is 3.03. The lowest BCUT2D eigenvalue weighted by Crippen LogP contribution is -2.47. The van der Waals surface area contributed by atoms with E-state index in [9.17, 15) is 0 Å². The van der Waals surface area contributed by atoms with Gasteiger partial charge in [-0.15, -0.1) is 11.3 Å². The van der Waals surface area contributed by atoms with Crippen molar-refractivity contribution in [2.24, 2.45) is 0 Å². The summed E-state index contributed by atoms with van der Waals surface area (Å²) in [6, 6.07) is 0. The second-order valence-corrected chi connectivity index (χ2v) is 6.70. The first kappa shape index (κ1) is 14.7. The second kappa shape index (κ2) is 6.27. The molecule has 0 atom stereocenters. The Morgan fingerprint density at radius 2 is 2.10 bits per heavy atom. The molecule has 1 aliphatic heterocycles. The van der Waals surface area contributed by atoms with E-state index >= 15 is 0 Å². The maximum absolute atomic E-state index is 9.01. The first-order valence-corrected chi connectivity index (χ1v) is 8.60. The summed E-state index contributed by atoms with van der Waals surface area (Å²) in [6.07, 6.45) is 0. The Bertz CT molecular complexity index is 603. The van der Waals surface area contributed by atoms with Crippen LogP contribution in [-0.2, 0) is 0 Å². The molecule has 0 unspecified atom stereocenters. The molecule has 2 aromatic rings. The number of nitrogen functional groups attached to an aromatic ring is 1. The molecule has 2 aromatic heterocycles. The SMILES string of the molecule is Cc1csc(-c2c(N)nsc2N2CCN(CCO)CC2)n1. The standard InChI is InChI=1S/C13H19N5OS2/c1-9-8-20-12(15-9)10-11(14)16-21-13(10)18-4-2-17(3-5-18)6-7-19/h8,19H,2-7H2,1H3,(H2,14,16). The number of aliphatic hydroxyl groups is 1. The minimum absolute atomic E-state index is 0.219. The first-order chi connectivity index (χ1) is 10.2. The maximum Gasteiger partial charge on any atom is 0.149 e. The number of nitrogens with two attached hydrogens (primary N) is 1. The molecule has 8 heteroatoms. The van der Waals surface area contributed by atoms with Crippen molar-refractivity contribution in [3.05, 3.63) is 11.1 Å². The molecule has 0 saturated carbocycles. The number of piperazine rings is 1. The predicted octanol–water partition coefficient (Wildman–Crippen LogP) is 1.27. The average molecular weight is 325 g/mol. The van der Waals surface area contributed by atoms with Crippen molar-refractivity contribution in [3.8, 4) is 10.6 Å². The summed E-state index contributed by atoms with van der Waals surface area (Å²) in [4.78, 5) is 9.15. The van der Waals surface area contributed by atoms with E-state index < -0.39 is 0 Å². The Morgan fingerprint density at radius 3 is 2.71 bits per heavy atom. The summed E-state index contributed by atoms with van der Waals surface area (Å²) in [5.74, 6) is 0.571. The molecule has 0 amide bonds. The topological polar surface area (TPSA) is 78.5 Å². The van der Waals surface area contributed by atoms with Gasteiger partial charge in [-0.2, -0.15) is 4.37 Å². The number of nitrogens with zero attached hydrogens (tertiary/aromatic N) is 4. The number of rotatable bonds is 4. The van der Waals surface area contributed by atoms with Crippen molar-refractivity contribution in [1.82, 2.24) is 14.3 Å². The minimum Gasteiger partial charge on any atom is -0.395 e. The van der Waals surface area contributed by atoms with Crippen molar-refractivity contribution < 1.29 is 5.11 Å². The van der Waals surface area contributed by atoms with Crippen LogP contribution in [0, 0.1) is 6.92 Å². The van der Waals surface area contributed by atoms with Crippen LogP contribution in [0.5, 0.6) is 0 Å². The highest BCUT2D eigenvalue weighted by Gasteiger charge is 2.24. The third-order valence-electron chi connectivity index (χ3n) is 3.61. The summed E-state index contributed by atoms with van der Waals surface area (Å²) < 4.78 is 4.32. The zero-order valence-electron chi connectivity index (χ0n) is 11.9. The average Bonchev–Trinajstić information content (AvgIpc) is 3.06. The van der Waals surface area contributed by atoms with Crippen LogP contribution < -0.4 is 10.6 Å². The molecule has 3 rings (SSSR count). The van der Waals surface area contributed by atoms with Gasteiger partial charge in [0, 0.05) is 43.8 Å². The number of aryl methyl sites for hydroxylation is 1. The fourth-order valence-electron chi connectivity index (χ4n) is 2.49. The van der Waals surface area contributed by atoms with Crippen molar-refractivity contribution in [1.29, 1.82) is 0 Å². The van der Waals surface area contributed by atoms with Gasteiger partial charge >= 0.3 is 0 Å². The molecule has 0 aliphatic carbocycles. The van der Waals surface area contributed by atoms with E-state index in [2.05, 4.69) is 19.2 Å². The molecule has 0 aromatic carbocycles. The normalized spacial score (nSPS) is 16.6. The molecule has 0 spiro atoms. The van der Waals surface area contributed by atoms with Gasteiger partial charge in [-0.1, -0.05) is 0 Å². The van der Waals surface area contributed by atoms with E-state index in [0.29, 0.717) is 5.82 Å². The summed E-state index contributed by atoms with van der Waals surface area (Å²) in [5, 5.41) is 13.1.